The van der Waals surface area contributed by atoms with Gasteiger partial charge in [0.25, 0.3) is 0 Å². The topological polar surface area (TPSA) is 35.2 Å². The molecule has 2 aliphatic rings. The van der Waals surface area contributed by atoms with E-state index in [9.17, 15) is 0 Å². The van der Waals surface area contributed by atoms with Crippen molar-refractivity contribution in [3.8, 4) is 11.1 Å². The molecular formula is C28H28N4. The Kier molecular flexibility index (Phi) is 4.90. The number of hydrogen-bond acceptors (Lipinski definition) is 3. The number of benzene rings is 2. The first kappa shape index (κ1) is 19.5. The van der Waals surface area contributed by atoms with Crippen molar-refractivity contribution < 1.29 is 0 Å². The van der Waals surface area contributed by atoms with E-state index in [2.05, 4.69) is 82.5 Å². The van der Waals surface area contributed by atoms with Gasteiger partial charge in [-0.3, -0.25) is 9.88 Å². The Morgan fingerprint density at radius 1 is 0.875 bits per heavy atom. The van der Waals surface area contributed by atoms with E-state index < -0.39 is 0 Å². The minimum atomic E-state index is 0.908. The summed E-state index contributed by atoms with van der Waals surface area (Å²) in [4.78, 5) is 13.0. The average Bonchev–Trinajstić information content (AvgIpc) is 3.47. The summed E-state index contributed by atoms with van der Waals surface area (Å²) in [6.45, 7) is 5.67. The summed E-state index contributed by atoms with van der Waals surface area (Å²) in [6.07, 6.45) is 7.24. The number of H-pyrrole nitrogens is 1. The van der Waals surface area contributed by atoms with Gasteiger partial charge in [0.1, 0.15) is 0 Å². The highest BCUT2D eigenvalue weighted by Gasteiger charge is 2.19. The maximum Gasteiger partial charge on any atom is 0.0520 e. The minimum Gasteiger partial charge on any atom is -0.361 e. The molecule has 0 radical (unpaired) electrons. The number of allylic oxidation sites excluding steroid dienone is 1. The SMILES string of the molecule is CN1CCN(Cc2ccc(C3=CCc4ncc(-c5ccc6[nH]ccc6c5)cc43)cc2)CC1. The van der Waals surface area contributed by atoms with Crippen LogP contribution in [0, 0.1) is 0 Å². The second-order valence-corrected chi connectivity index (χ2v) is 9.10. The molecular weight excluding hydrogens is 392 g/mol. The number of aromatic nitrogens is 2. The summed E-state index contributed by atoms with van der Waals surface area (Å²) in [6, 6.07) is 20.1. The first-order valence-corrected chi connectivity index (χ1v) is 11.5. The zero-order chi connectivity index (χ0) is 21.5. The number of rotatable bonds is 4. The van der Waals surface area contributed by atoms with E-state index in [0.717, 1.165) is 39.1 Å². The first-order chi connectivity index (χ1) is 15.7. The van der Waals surface area contributed by atoms with E-state index in [0.29, 0.717) is 0 Å². The van der Waals surface area contributed by atoms with Gasteiger partial charge in [-0.05, 0) is 59.0 Å². The van der Waals surface area contributed by atoms with E-state index >= 15 is 0 Å². The normalized spacial score (nSPS) is 17.0. The number of nitrogens with one attached hydrogen (secondary N) is 1. The molecule has 4 heteroatoms. The number of hydrogen-bond donors (Lipinski definition) is 1. The summed E-state index contributed by atoms with van der Waals surface area (Å²) in [5, 5.41) is 1.23. The van der Waals surface area contributed by atoms with E-state index in [4.69, 9.17) is 4.98 Å². The Morgan fingerprint density at radius 3 is 2.53 bits per heavy atom. The molecule has 6 rings (SSSR count). The molecule has 1 aliphatic heterocycles. The number of nitrogens with zero attached hydrogens (tertiary/aromatic N) is 3. The maximum atomic E-state index is 4.81. The fourth-order valence-electron chi connectivity index (χ4n) is 4.92. The molecule has 0 atom stereocenters. The van der Waals surface area contributed by atoms with Crippen molar-refractivity contribution in [3.05, 3.63) is 95.5 Å². The molecule has 1 fully saturated rings. The quantitative estimate of drug-likeness (QED) is 0.507. The molecule has 0 spiro atoms. The smallest absolute Gasteiger partial charge is 0.0520 e. The highest BCUT2D eigenvalue weighted by molar-refractivity contribution is 5.88. The standard InChI is InChI=1S/C28H28N4/c1-31-12-14-32(15-13-31)19-20-2-4-21(5-3-20)25-7-9-28-26(25)17-24(18-30-28)22-6-8-27-23(16-22)10-11-29-27/h2-8,10-11,16-18,29H,9,12-15,19H2,1H3. The Labute approximate surface area is 189 Å². The van der Waals surface area contributed by atoms with Gasteiger partial charge in [0.2, 0.25) is 0 Å². The number of aromatic amines is 1. The largest absolute Gasteiger partial charge is 0.361 e. The third-order valence-corrected chi connectivity index (χ3v) is 6.91. The highest BCUT2D eigenvalue weighted by Crippen LogP contribution is 2.35. The molecule has 2 aromatic carbocycles. The lowest BCUT2D eigenvalue weighted by Gasteiger charge is -2.32. The molecule has 0 unspecified atom stereocenters. The molecule has 2 aromatic heterocycles. The molecule has 1 saturated heterocycles. The van der Waals surface area contributed by atoms with Gasteiger partial charge in [-0.2, -0.15) is 0 Å². The molecule has 3 heterocycles. The minimum absolute atomic E-state index is 0.908. The van der Waals surface area contributed by atoms with Crippen molar-refractivity contribution in [3.63, 3.8) is 0 Å². The fraction of sp³-hybridized carbons (Fsp3) is 0.250. The van der Waals surface area contributed by atoms with Crippen molar-refractivity contribution in [1.29, 1.82) is 0 Å². The van der Waals surface area contributed by atoms with Gasteiger partial charge in [-0.25, -0.2) is 0 Å². The summed E-state index contributed by atoms with van der Waals surface area (Å²) >= 11 is 0. The van der Waals surface area contributed by atoms with Crippen LogP contribution in [0.25, 0.3) is 27.6 Å². The van der Waals surface area contributed by atoms with Crippen LogP contribution in [0.5, 0.6) is 0 Å². The molecule has 1 N–H and O–H groups in total. The van der Waals surface area contributed by atoms with E-state index in [1.807, 2.05) is 12.4 Å². The lowest BCUT2D eigenvalue weighted by atomic mass is 9.97. The van der Waals surface area contributed by atoms with Gasteiger partial charge >= 0.3 is 0 Å². The van der Waals surface area contributed by atoms with Crippen molar-refractivity contribution in [2.75, 3.05) is 33.2 Å². The summed E-state index contributed by atoms with van der Waals surface area (Å²) in [5.41, 5.74) is 9.97. The molecule has 32 heavy (non-hydrogen) atoms. The third kappa shape index (κ3) is 3.66. The summed E-state index contributed by atoms with van der Waals surface area (Å²) < 4.78 is 0. The molecule has 160 valence electrons. The van der Waals surface area contributed by atoms with Crippen molar-refractivity contribution in [1.82, 2.24) is 19.8 Å². The lowest BCUT2D eigenvalue weighted by Crippen LogP contribution is -2.43. The Balaban J connectivity index is 1.24. The van der Waals surface area contributed by atoms with Crippen molar-refractivity contribution >= 4 is 16.5 Å². The molecule has 1 aliphatic carbocycles. The Morgan fingerprint density at radius 2 is 1.69 bits per heavy atom. The Hall–Kier alpha value is -3.21. The Bertz CT molecular complexity index is 1290. The van der Waals surface area contributed by atoms with Gasteiger partial charge in [0.05, 0.1) is 5.69 Å². The van der Waals surface area contributed by atoms with Crippen LogP contribution in [0.15, 0.2) is 73.1 Å². The van der Waals surface area contributed by atoms with Crippen LogP contribution in [0.3, 0.4) is 0 Å². The third-order valence-electron chi connectivity index (χ3n) is 6.91. The number of pyridine rings is 1. The van der Waals surface area contributed by atoms with Crippen LogP contribution in [0.1, 0.15) is 22.4 Å². The monoisotopic (exact) mass is 420 g/mol. The van der Waals surface area contributed by atoms with Crippen LogP contribution < -0.4 is 0 Å². The number of likely N-dealkylation sites (N-methyl/N-ethyl adjacent to an activating group) is 1. The lowest BCUT2D eigenvalue weighted by molar-refractivity contribution is 0.148. The first-order valence-electron chi connectivity index (χ1n) is 11.5. The van der Waals surface area contributed by atoms with Gasteiger partial charge < -0.3 is 9.88 Å². The highest BCUT2D eigenvalue weighted by atomic mass is 15.2. The van der Waals surface area contributed by atoms with Gasteiger partial charge in [0, 0.05) is 68.2 Å². The fourth-order valence-corrected chi connectivity index (χ4v) is 4.92. The predicted molar refractivity (Wildman–Crippen MR) is 132 cm³/mol. The van der Waals surface area contributed by atoms with Gasteiger partial charge in [-0.15, -0.1) is 0 Å². The van der Waals surface area contributed by atoms with Crippen LogP contribution in [-0.4, -0.2) is 53.0 Å². The maximum absolute atomic E-state index is 4.81. The van der Waals surface area contributed by atoms with E-state index in [-0.39, 0.29) is 0 Å². The molecule has 0 bridgehead atoms. The van der Waals surface area contributed by atoms with Gasteiger partial charge in [-0.1, -0.05) is 36.4 Å². The second kappa shape index (κ2) is 8.05. The zero-order valence-corrected chi connectivity index (χ0v) is 18.5. The van der Waals surface area contributed by atoms with Crippen LogP contribution >= 0.6 is 0 Å². The van der Waals surface area contributed by atoms with E-state index in [1.54, 1.807) is 0 Å². The van der Waals surface area contributed by atoms with Crippen LogP contribution in [0.2, 0.25) is 0 Å². The predicted octanol–water partition coefficient (Wildman–Crippen LogP) is 4.97. The van der Waals surface area contributed by atoms with Crippen LogP contribution in [-0.2, 0) is 13.0 Å². The van der Waals surface area contributed by atoms with Crippen LogP contribution in [0.4, 0.5) is 0 Å². The van der Waals surface area contributed by atoms with Crippen molar-refractivity contribution in [2.45, 2.75) is 13.0 Å². The molecule has 4 nitrogen and oxygen atoms in total. The van der Waals surface area contributed by atoms with Crippen molar-refractivity contribution in [2.24, 2.45) is 0 Å². The summed E-state index contributed by atoms with van der Waals surface area (Å²) in [5.74, 6) is 0. The number of piperazine rings is 1. The molecule has 4 aromatic rings. The summed E-state index contributed by atoms with van der Waals surface area (Å²) in [7, 11) is 2.21. The zero-order valence-electron chi connectivity index (χ0n) is 18.5. The number of fused-ring (bicyclic) bond motifs is 2. The van der Waals surface area contributed by atoms with E-state index in [1.165, 1.54) is 50.0 Å². The molecule has 0 amide bonds. The molecule has 0 saturated carbocycles. The average molecular weight is 421 g/mol. The van der Waals surface area contributed by atoms with Gasteiger partial charge in [0.15, 0.2) is 0 Å². The second-order valence-electron chi connectivity index (χ2n) is 9.10.